The molecular formula is C9H8N. The van der Waals surface area contributed by atoms with Gasteiger partial charge in [0.05, 0.1) is 6.20 Å². The van der Waals surface area contributed by atoms with Crippen LogP contribution in [0.2, 0.25) is 0 Å². The van der Waals surface area contributed by atoms with E-state index in [2.05, 4.69) is 35.4 Å². The summed E-state index contributed by atoms with van der Waals surface area (Å²) in [6.07, 6.45) is 15.4. The van der Waals surface area contributed by atoms with Gasteiger partial charge in [-0.3, -0.25) is 0 Å². The van der Waals surface area contributed by atoms with Crippen molar-refractivity contribution in [1.29, 1.82) is 0 Å². The molecule has 0 aromatic heterocycles. The van der Waals surface area contributed by atoms with E-state index in [0.29, 0.717) is 0 Å². The lowest BCUT2D eigenvalue weighted by Crippen LogP contribution is -2.19. The van der Waals surface area contributed by atoms with E-state index >= 15 is 0 Å². The first kappa shape index (κ1) is 5.54. The Kier molecular flexibility index (Phi) is 1.21. The largest absolute Gasteiger partial charge is 0.336 e. The van der Waals surface area contributed by atoms with E-state index in [-0.39, 0.29) is 0 Å². The number of fused-ring (bicyclic) bond motifs is 1. The molecule has 2 heterocycles. The average Bonchev–Trinajstić information content (AvgIpc) is 2.05. The molecule has 0 saturated heterocycles. The van der Waals surface area contributed by atoms with Crippen LogP contribution in [-0.4, -0.2) is 11.4 Å². The van der Waals surface area contributed by atoms with Gasteiger partial charge in [0.15, 0.2) is 0 Å². The highest BCUT2D eigenvalue weighted by atomic mass is 15.1. The first-order chi connectivity index (χ1) is 4.97. The standard InChI is InChI=1S/C9H8N/c1-3-7-10-8-4-2-6-9(10)5-1/h1-6H,7H2. The van der Waals surface area contributed by atoms with E-state index in [0.717, 1.165) is 6.54 Å². The van der Waals surface area contributed by atoms with Gasteiger partial charge in [0, 0.05) is 12.2 Å². The molecule has 0 N–H and O–H groups in total. The van der Waals surface area contributed by atoms with Gasteiger partial charge in [-0.15, -0.1) is 0 Å². The quantitative estimate of drug-likeness (QED) is 0.481. The maximum Gasteiger partial charge on any atom is 0.0655 e. The van der Waals surface area contributed by atoms with Crippen molar-refractivity contribution in [2.45, 2.75) is 0 Å². The van der Waals surface area contributed by atoms with Gasteiger partial charge >= 0.3 is 0 Å². The van der Waals surface area contributed by atoms with Crippen LogP contribution in [-0.2, 0) is 0 Å². The van der Waals surface area contributed by atoms with Crippen LogP contribution in [0.3, 0.4) is 0 Å². The third-order valence-corrected chi connectivity index (χ3v) is 1.60. The Bertz CT molecular complexity index is 243. The van der Waals surface area contributed by atoms with Crippen molar-refractivity contribution < 1.29 is 0 Å². The van der Waals surface area contributed by atoms with Gasteiger partial charge in [0.1, 0.15) is 0 Å². The SMILES string of the molecule is [C]1=CC=CC2=CC=CCN12. The smallest absolute Gasteiger partial charge is 0.0655 e. The van der Waals surface area contributed by atoms with E-state index in [1.807, 2.05) is 12.2 Å². The van der Waals surface area contributed by atoms with Crippen LogP contribution >= 0.6 is 0 Å². The Labute approximate surface area is 60.6 Å². The minimum atomic E-state index is 0.951. The van der Waals surface area contributed by atoms with Gasteiger partial charge < -0.3 is 4.90 Å². The zero-order chi connectivity index (χ0) is 6.81. The minimum absolute atomic E-state index is 0.951. The number of nitrogens with zero attached hydrogens (tertiary/aromatic N) is 1. The fourth-order valence-corrected chi connectivity index (χ4v) is 1.08. The summed E-state index contributed by atoms with van der Waals surface area (Å²) in [7, 11) is 0. The van der Waals surface area contributed by atoms with Crippen molar-refractivity contribution in [3.8, 4) is 0 Å². The molecule has 1 radical (unpaired) electrons. The molecule has 0 unspecified atom stereocenters. The van der Waals surface area contributed by atoms with Crippen molar-refractivity contribution in [3.05, 3.63) is 48.4 Å². The lowest BCUT2D eigenvalue weighted by molar-refractivity contribution is 0.501. The number of rotatable bonds is 0. The van der Waals surface area contributed by atoms with Crippen LogP contribution < -0.4 is 0 Å². The lowest BCUT2D eigenvalue weighted by Gasteiger charge is -2.22. The van der Waals surface area contributed by atoms with E-state index in [4.69, 9.17) is 0 Å². The van der Waals surface area contributed by atoms with E-state index in [9.17, 15) is 0 Å². The van der Waals surface area contributed by atoms with Crippen LogP contribution in [0.1, 0.15) is 0 Å². The van der Waals surface area contributed by atoms with Gasteiger partial charge in [-0.1, -0.05) is 18.2 Å². The molecule has 0 aromatic carbocycles. The molecule has 2 aliphatic rings. The van der Waals surface area contributed by atoms with Crippen LogP contribution in [0, 0.1) is 6.20 Å². The summed E-state index contributed by atoms with van der Waals surface area (Å²) in [5, 5.41) is 0. The topological polar surface area (TPSA) is 3.24 Å². The Hall–Kier alpha value is -1.24. The van der Waals surface area contributed by atoms with Gasteiger partial charge in [-0.05, 0) is 18.2 Å². The molecule has 0 spiro atoms. The first-order valence-electron chi connectivity index (χ1n) is 3.37. The summed E-state index contributed by atoms with van der Waals surface area (Å²) >= 11 is 0. The summed E-state index contributed by atoms with van der Waals surface area (Å²) in [5.74, 6) is 0. The third kappa shape index (κ3) is 0.798. The summed E-state index contributed by atoms with van der Waals surface area (Å²) in [5.41, 5.74) is 1.23. The fourth-order valence-electron chi connectivity index (χ4n) is 1.08. The van der Waals surface area contributed by atoms with E-state index in [1.165, 1.54) is 5.70 Å². The van der Waals surface area contributed by atoms with Gasteiger partial charge in [-0.25, -0.2) is 0 Å². The predicted molar refractivity (Wildman–Crippen MR) is 40.9 cm³/mol. The highest BCUT2D eigenvalue weighted by Crippen LogP contribution is 2.14. The van der Waals surface area contributed by atoms with Crippen molar-refractivity contribution in [3.63, 3.8) is 0 Å². The van der Waals surface area contributed by atoms with Gasteiger partial charge in [0.2, 0.25) is 0 Å². The van der Waals surface area contributed by atoms with Gasteiger partial charge in [-0.2, -0.15) is 0 Å². The highest BCUT2D eigenvalue weighted by Gasteiger charge is 2.05. The Morgan fingerprint density at radius 3 is 3.30 bits per heavy atom. The molecule has 0 aromatic rings. The second kappa shape index (κ2) is 2.18. The summed E-state index contributed by atoms with van der Waals surface area (Å²) in [4.78, 5) is 2.08. The maximum absolute atomic E-state index is 3.12. The molecule has 0 bridgehead atoms. The number of allylic oxidation sites excluding steroid dienone is 5. The summed E-state index contributed by atoms with van der Waals surface area (Å²) < 4.78 is 0. The van der Waals surface area contributed by atoms with Crippen molar-refractivity contribution >= 4 is 0 Å². The fraction of sp³-hybridized carbons (Fsp3) is 0.111. The lowest BCUT2D eigenvalue weighted by atomic mass is 10.2. The van der Waals surface area contributed by atoms with Crippen LogP contribution in [0.5, 0.6) is 0 Å². The van der Waals surface area contributed by atoms with Crippen LogP contribution in [0.25, 0.3) is 0 Å². The molecule has 0 fully saturated rings. The van der Waals surface area contributed by atoms with Crippen LogP contribution in [0.4, 0.5) is 0 Å². The van der Waals surface area contributed by atoms with Crippen molar-refractivity contribution in [2.24, 2.45) is 0 Å². The number of hydrogen-bond acceptors (Lipinski definition) is 1. The second-order valence-electron chi connectivity index (χ2n) is 2.29. The normalized spacial score (nSPS) is 20.8. The molecule has 1 heteroatoms. The molecule has 49 valence electrons. The summed E-state index contributed by atoms with van der Waals surface area (Å²) in [6, 6.07) is 0. The monoisotopic (exact) mass is 130 g/mol. The molecular weight excluding hydrogens is 122 g/mol. The second-order valence-corrected chi connectivity index (χ2v) is 2.29. The minimum Gasteiger partial charge on any atom is -0.336 e. The zero-order valence-electron chi connectivity index (χ0n) is 5.62. The molecule has 0 amide bonds. The van der Waals surface area contributed by atoms with Crippen molar-refractivity contribution in [1.82, 2.24) is 4.90 Å². The Morgan fingerprint density at radius 1 is 1.40 bits per heavy atom. The molecule has 0 aliphatic carbocycles. The molecule has 1 nitrogen and oxygen atoms in total. The highest BCUT2D eigenvalue weighted by molar-refractivity contribution is 5.32. The Morgan fingerprint density at radius 2 is 2.40 bits per heavy atom. The third-order valence-electron chi connectivity index (χ3n) is 1.60. The molecule has 0 atom stereocenters. The Balaban J connectivity index is 2.34. The van der Waals surface area contributed by atoms with E-state index < -0.39 is 0 Å². The zero-order valence-corrected chi connectivity index (χ0v) is 5.62. The predicted octanol–water partition coefficient (Wildman–Crippen LogP) is 1.63. The first-order valence-corrected chi connectivity index (χ1v) is 3.37. The van der Waals surface area contributed by atoms with Crippen LogP contribution in [0.15, 0.2) is 42.2 Å². The van der Waals surface area contributed by atoms with E-state index in [1.54, 1.807) is 0 Å². The van der Waals surface area contributed by atoms with Gasteiger partial charge in [0.25, 0.3) is 0 Å². The van der Waals surface area contributed by atoms with Crippen molar-refractivity contribution in [2.75, 3.05) is 6.54 Å². The number of hydrogen-bond donors (Lipinski definition) is 0. The average molecular weight is 130 g/mol. The molecule has 2 aliphatic heterocycles. The maximum atomic E-state index is 3.12. The summed E-state index contributed by atoms with van der Waals surface area (Å²) in [6.45, 7) is 0.951. The molecule has 0 saturated carbocycles. The molecule has 2 rings (SSSR count). The molecule has 10 heavy (non-hydrogen) atoms.